The molecular formula is C5H11ClO3S. The van der Waals surface area contributed by atoms with E-state index in [0.717, 1.165) is 0 Å². The lowest BCUT2D eigenvalue weighted by molar-refractivity contribution is 0.252. The molecule has 0 aromatic carbocycles. The van der Waals surface area contributed by atoms with Crippen LogP contribution in [0.15, 0.2) is 0 Å². The second kappa shape index (κ2) is 4.16. The Balaban J connectivity index is 3.90. The summed E-state index contributed by atoms with van der Waals surface area (Å²) in [6.45, 7) is 3.14. The van der Waals surface area contributed by atoms with Crippen LogP contribution in [0.25, 0.3) is 0 Å². The monoisotopic (exact) mass is 186 g/mol. The average molecular weight is 187 g/mol. The second-order valence-corrected chi connectivity index (χ2v) is 4.10. The predicted octanol–water partition coefficient (Wildman–Crippen LogP) is 0.980. The van der Waals surface area contributed by atoms with Gasteiger partial charge in [-0.05, 0) is 13.8 Å². The maximum absolute atomic E-state index is 10.7. The summed E-state index contributed by atoms with van der Waals surface area (Å²) in [5.74, 6) is 0.188. The quantitative estimate of drug-likeness (QED) is 0.486. The fourth-order valence-electron chi connectivity index (χ4n) is 0.344. The van der Waals surface area contributed by atoms with E-state index in [-0.39, 0.29) is 11.6 Å². The van der Waals surface area contributed by atoms with Crippen LogP contribution in [-0.4, -0.2) is 26.2 Å². The minimum absolute atomic E-state index is 0.00573. The van der Waals surface area contributed by atoms with Crippen LogP contribution in [0.2, 0.25) is 0 Å². The number of rotatable bonds is 4. The molecule has 0 radical (unpaired) electrons. The molecule has 0 unspecified atom stereocenters. The average Bonchev–Trinajstić information content (AvgIpc) is 1.87. The molecule has 1 atom stereocenters. The van der Waals surface area contributed by atoms with Crippen LogP contribution in [0, 0.1) is 0 Å². The highest BCUT2D eigenvalue weighted by atomic mass is 35.5. The highest BCUT2D eigenvalue weighted by molar-refractivity contribution is 7.86. The van der Waals surface area contributed by atoms with Crippen molar-refractivity contribution in [1.29, 1.82) is 0 Å². The topological polar surface area (TPSA) is 43.4 Å². The van der Waals surface area contributed by atoms with E-state index in [9.17, 15) is 8.42 Å². The SMILES string of the molecule is CCS(=O)(=O)O[C@@H](C)CCl. The zero-order valence-electron chi connectivity index (χ0n) is 6.00. The summed E-state index contributed by atoms with van der Waals surface area (Å²) in [7, 11) is -3.32. The van der Waals surface area contributed by atoms with Gasteiger partial charge < -0.3 is 0 Å². The molecule has 0 aliphatic rings. The first-order valence-corrected chi connectivity index (χ1v) is 5.10. The Morgan fingerprint density at radius 2 is 2.10 bits per heavy atom. The lowest BCUT2D eigenvalue weighted by Gasteiger charge is -2.07. The molecule has 0 rings (SSSR count). The minimum Gasteiger partial charge on any atom is -0.266 e. The number of hydrogen-bond donors (Lipinski definition) is 0. The lowest BCUT2D eigenvalue weighted by atomic mass is 10.5. The molecule has 0 saturated heterocycles. The Hall–Kier alpha value is 0.200. The summed E-state index contributed by atoms with van der Waals surface area (Å²) in [5, 5.41) is 0. The fourth-order valence-corrected chi connectivity index (χ4v) is 1.19. The van der Waals surface area contributed by atoms with E-state index in [1.165, 1.54) is 6.92 Å². The van der Waals surface area contributed by atoms with Gasteiger partial charge in [-0.25, -0.2) is 0 Å². The Bertz CT molecular complexity index is 175. The molecule has 0 amide bonds. The largest absolute Gasteiger partial charge is 0.267 e. The van der Waals surface area contributed by atoms with Crippen molar-refractivity contribution < 1.29 is 12.6 Å². The molecule has 0 bridgehead atoms. The van der Waals surface area contributed by atoms with E-state index in [4.69, 9.17) is 11.6 Å². The first-order chi connectivity index (χ1) is 4.52. The summed E-state index contributed by atoms with van der Waals surface area (Å²) in [5.41, 5.74) is 0. The van der Waals surface area contributed by atoms with Gasteiger partial charge in [-0.3, -0.25) is 4.18 Å². The summed E-state index contributed by atoms with van der Waals surface area (Å²) in [4.78, 5) is 0. The first kappa shape index (κ1) is 10.2. The molecule has 0 N–H and O–H groups in total. The number of alkyl halides is 1. The van der Waals surface area contributed by atoms with Gasteiger partial charge in [0.15, 0.2) is 0 Å². The molecule has 5 heteroatoms. The third-order valence-electron chi connectivity index (χ3n) is 0.882. The van der Waals surface area contributed by atoms with Crippen molar-refractivity contribution in [3.8, 4) is 0 Å². The lowest BCUT2D eigenvalue weighted by Crippen LogP contribution is -2.17. The van der Waals surface area contributed by atoms with Crippen LogP contribution in [-0.2, 0) is 14.3 Å². The zero-order valence-corrected chi connectivity index (χ0v) is 7.57. The first-order valence-electron chi connectivity index (χ1n) is 2.98. The van der Waals surface area contributed by atoms with Gasteiger partial charge >= 0.3 is 0 Å². The van der Waals surface area contributed by atoms with Crippen molar-refractivity contribution in [3.63, 3.8) is 0 Å². The highest BCUT2D eigenvalue weighted by Crippen LogP contribution is 2.00. The van der Waals surface area contributed by atoms with Crippen molar-refractivity contribution >= 4 is 21.7 Å². The molecule has 3 nitrogen and oxygen atoms in total. The summed E-state index contributed by atoms with van der Waals surface area (Å²) in [6.07, 6.45) is -0.424. The molecule has 0 aromatic heterocycles. The molecule has 0 fully saturated rings. The highest BCUT2D eigenvalue weighted by Gasteiger charge is 2.11. The molecule has 0 aromatic rings. The molecule has 62 valence electrons. The van der Waals surface area contributed by atoms with Crippen molar-refractivity contribution in [2.75, 3.05) is 11.6 Å². The van der Waals surface area contributed by atoms with Gasteiger partial charge in [0.05, 0.1) is 11.9 Å². The molecule has 0 spiro atoms. The van der Waals surface area contributed by atoms with Gasteiger partial charge in [0, 0.05) is 5.88 Å². The summed E-state index contributed by atoms with van der Waals surface area (Å²) < 4.78 is 26.0. The van der Waals surface area contributed by atoms with E-state index in [2.05, 4.69) is 4.18 Å². The van der Waals surface area contributed by atoms with E-state index in [1.54, 1.807) is 6.92 Å². The van der Waals surface area contributed by atoms with Crippen LogP contribution in [0.5, 0.6) is 0 Å². The van der Waals surface area contributed by atoms with Crippen LogP contribution in [0.1, 0.15) is 13.8 Å². The van der Waals surface area contributed by atoms with Gasteiger partial charge in [-0.15, -0.1) is 11.6 Å². The molecule has 0 aliphatic carbocycles. The predicted molar refractivity (Wildman–Crippen MR) is 40.7 cm³/mol. The third-order valence-corrected chi connectivity index (χ3v) is 2.65. The Morgan fingerprint density at radius 1 is 1.60 bits per heavy atom. The van der Waals surface area contributed by atoms with Gasteiger partial charge in [0.25, 0.3) is 10.1 Å². The third kappa shape index (κ3) is 4.09. The summed E-state index contributed by atoms with van der Waals surface area (Å²) in [6, 6.07) is 0. The molecule has 0 aliphatic heterocycles. The maximum Gasteiger partial charge on any atom is 0.267 e. The van der Waals surface area contributed by atoms with Gasteiger partial charge in [0.1, 0.15) is 0 Å². The van der Waals surface area contributed by atoms with E-state index in [0.29, 0.717) is 0 Å². The van der Waals surface area contributed by atoms with Crippen LogP contribution < -0.4 is 0 Å². The normalized spacial score (nSPS) is 15.1. The van der Waals surface area contributed by atoms with Crippen molar-refractivity contribution in [3.05, 3.63) is 0 Å². The van der Waals surface area contributed by atoms with Crippen molar-refractivity contribution in [1.82, 2.24) is 0 Å². The standard InChI is InChI=1S/C5H11ClO3S/c1-3-10(7,8)9-5(2)4-6/h5H,3-4H2,1-2H3/t5-/m0/s1. The molecule has 0 saturated carbocycles. The second-order valence-electron chi connectivity index (χ2n) is 1.91. The fraction of sp³-hybridized carbons (Fsp3) is 1.00. The smallest absolute Gasteiger partial charge is 0.266 e. The maximum atomic E-state index is 10.7. The van der Waals surface area contributed by atoms with Crippen molar-refractivity contribution in [2.45, 2.75) is 20.0 Å². The van der Waals surface area contributed by atoms with E-state index < -0.39 is 16.2 Å². The molecule has 10 heavy (non-hydrogen) atoms. The number of hydrogen-bond acceptors (Lipinski definition) is 3. The number of halogens is 1. The molecule has 0 heterocycles. The Morgan fingerprint density at radius 3 is 2.40 bits per heavy atom. The van der Waals surface area contributed by atoms with E-state index >= 15 is 0 Å². The summed E-state index contributed by atoms with van der Waals surface area (Å²) >= 11 is 5.33. The van der Waals surface area contributed by atoms with Crippen LogP contribution in [0.4, 0.5) is 0 Å². The Labute approximate surface area is 66.5 Å². The van der Waals surface area contributed by atoms with Gasteiger partial charge in [0.2, 0.25) is 0 Å². The Kier molecular flexibility index (Phi) is 4.24. The molecular weight excluding hydrogens is 176 g/mol. The van der Waals surface area contributed by atoms with E-state index in [1.807, 2.05) is 0 Å². The van der Waals surface area contributed by atoms with Gasteiger partial charge in [-0.1, -0.05) is 0 Å². The van der Waals surface area contributed by atoms with Crippen LogP contribution >= 0.6 is 11.6 Å². The van der Waals surface area contributed by atoms with Gasteiger partial charge in [-0.2, -0.15) is 8.42 Å². The van der Waals surface area contributed by atoms with Crippen LogP contribution in [0.3, 0.4) is 0 Å². The minimum atomic E-state index is -3.32. The zero-order chi connectivity index (χ0) is 8.20. The van der Waals surface area contributed by atoms with Crippen molar-refractivity contribution in [2.24, 2.45) is 0 Å².